The van der Waals surface area contributed by atoms with Crippen LogP contribution in [0.2, 0.25) is 0 Å². The number of ether oxygens (including phenoxy) is 1. The Morgan fingerprint density at radius 3 is 2.48 bits per heavy atom. The van der Waals surface area contributed by atoms with Crippen molar-refractivity contribution in [1.29, 1.82) is 0 Å². The van der Waals surface area contributed by atoms with Gasteiger partial charge >= 0.3 is 11.9 Å². The molecule has 1 rings (SSSR count). The lowest BCUT2D eigenvalue weighted by molar-refractivity contribution is -0.139. The van der Waals surface area contributed by atoms with E-state index in [1.165, 1.54) is 6.08 Å². The van der Waals surface area contributed by atoms with Crippen LogP contribution in [0, 0.1) is 0 Å². The maximum Gasteiger partial charge on any atom is 0.335 e. The van der Waals surface area contributed by atoms with E-state index in [1.807, 2.05) is 30.3 Å². The number of carboxylic acid groups (broad SMARTS) is 1. The van der Waals surface area contributed by atoms with E-state index in [9.17, 15) is 9.59 Å². The lowest BCUT2D eigenvalue weighted by atomic mass is 10.1. The van der Waals surface area contributed by atoms with Gasteiger partial charge in [0.25, 0.3) is 0 Å². The van der Waals surface area contributed by atoms with Crippen LogP contribution < -0.4 is 0 Å². The molecule has 0 bridgehead atoms. The maximum atomic E-state index is 11.5. The highest BCUT2D eigenvalue weighted by molar-refractivity contribution is 9.24. The summed E-state index contributed by atoms with van der Waals surface area (Å²) in [5, 5.41) is 9.07. The highest BCUT2D eigenvalue weighted by Crippen LogP contribution is 2.12. The van der Waals surface area contributed by atoms with Crippen molar-refractivity contribution < 1.29 is 19.4 Å². The van der Waals surface area contributed by atoms with Gasteiger partial charge in [-0.2, -0.15) is 0 Å². The molecule has 4 nitrogen and oxygen atoms in total. The first-order valence-electron chi connectivity index (χ1n) is 6.12. The summed E-state index contributed by atoms with van der Waals surface area (Å²) >= 11 is 6.51. The highest BCUT2D eigenvalue weighted by Gasteiger charge is 2.08. The fraction of sp³-hybridized carbons (Fsp3) is 0.200. The first-order valence-corrected chi connectivity index (χ1v) is 7.95. The summed E-state index contributed by atoms with van der Waals surface area (Å²) in [6, 6.07) is 9.22. The van der Waals surface area contributed by atoms with E-state index in [1.54, 1.807) is 6.08 Å². The number of halogens is 2. The number of esters is 1. The predicted octanol–water partition coefficient (Wildman–Crippen LogP) is 3.76. The minimum Gasteiger partial charge on any atom is -0.478 e. The van der Waals surface area contributed by atoms with Crippen molar-refractivity contribution in [3.63, 3.8) is 0 Å². The molecule has 0 aliphatic rings. The second-order valence-corrected chi connectivity index (χ2v) is 7.44. The van der Waals surface area contributed by atoms with E-state index in [2.05, 4.69) is 31.9 Å². The fourth-order valence-corrected chi connectivity index (χ4v) is 1.72. The topological polar surface area (TPSA) is 63.6 Å². The van der Waals surface area contributed by atoms with Crippen LogP contribution in [0.5, 0.6) is 0 Å². The first kappa shape index (κ1) is 17.7. The van der Waals surface area contributed by atoms with Crippen molar-refractivity contribution in [3.8, 4) is 0 Å². The van der Waals surface area contributed by atoms with E-state index in [-0.39, 0.29) is 15.9 Å². The molecule has 0 spiro atoms. The summed E-state index contributed by atoms with van der Waals surface area (Å²) in [7, 11) is 0. The molecule has 0 atom stereocenters. The molecule has 0 saturated heterocycles. The molecule has 0 aromatic heterocycles. The molecule has 1 N–H and O–H groups in total. The lowest BCUT2D eigenvalue weighted by Gasteiger charge is -2.03. The second-order valence-electron chi connectivity index (χ2n) is 4.00. The van der Waals surface area contributed by atoms with Gasteiger partial charge in [-0.1, -0.05) is 68.3 Å². The molecule has 0 saturated carbocycles. The monoisotopic (exact) mass is 416 g/mol. The number of benzene rings is 1. The van der Waals surface area contributed by atoms with Gasteiger partial charge in [-0.3, -0.25) is 0 Å². The van der Waals surface area contributed by atoms with Crippen molar-refractivity contribution in [2.75, 3.05) is 6.61 Å². The van der Waals surface area contributed by atoms with E-state index in [0.717, 1.165) is 11.6 Å². The standard InChI is InChI=1S/C15H14Br2O4/c16-13(17)8-9-21-14(18)10-12(15(19)20)7-6-11-4-2-1-3-5-11/h1-7,10,13H,8-9H2,(H,19,20). The molecular formula is C15H14Br2O4. The number of hydrogen-bond donors (Lipinski definition) is 1. The Balaban J connectivity index is 2.68. The minimum atomic E-state index is -1.18. The van der Waals surface area contributed by atoms with Crippen LogP contribution in [0.1, 0.15) is 12.0 Å². The molecule has 0 heterocycles. The molecular weight excluding hydrogens is 404 g/mol. The Morgan fingerprint density at radius 1 is 1.24 bits per heavy atom. The van der Waals surface area contributed by atoms with Crippen LogP contribution in [-0.4, -0.2) is 27.4 Å². The van der Waals surface area contributed by atoms with Gasteiger partial charge in [0.15, 0.2) is 0 Å². The van der Waals surface area contributed by atoms with Gasteiger partial charge in [-0.25, -0.2) is 9.59 Å². The Hall–Kier alpha value is -1.40. The number of carboxylic acids is 1. The van der Waals surface area contributed by atoms with Gasteiger partial charge in [0, 0.05) is 12.5 Å². The van der Waals surface area contributed by atoms with E-state index in [4.69, 9.17) is 9.84 Å². The zero-order chi connectivity index (χ0) is 15.7. The van der Waals surface area contributed by atoms with E-state index in [0.29, 0.717) is 6.42 Å². The van der Waals surface area contributed by atoms with Crippen LogP contribution in [0.3, 0.4) is 0 Å². The quantitative estimate of drug-likeness (QED) is 0.317. The minimum absolute atomic E-state index is 0.0544. The third-order valence-electron chi connectivity index (χ3n) is 2.36. The van der Waals surface area contributed by atoms with Crippen molar-refractivity contribution in [2.45, 2.75) is 10.2 Å². The molecule has 6 heteroatoms. The second kappa shape index (κ2) is 9.52. The van der Waals surface area contributed by atoms with Crippen molar-refractivity contribution in [3.05, 3.63) is 53.6 Å². The van der Waals surface area contributed by atoms with Gasteiger partial charge in [-0.05, 0) is 11.6 Å². The van der Waals surface area contributed by atoms with Crippen LogP contribution in [0.4, 0.5) is 0 Å². The fourth-order valence-electron chi connectivity index (χ4n) is 1.35. The molecule has 21 heavy (non-hydrogen) atoms. The molecule has 0 fully saturated rings. The van der Waals surface area contributed by atoms with E-state index >= 15 is 0 Å². The summed E-state index contributed by atoms with van der Waals surface area (Å²) < 4.78 is 4.97. The molecule has 0 unspecified atom stereocenters. The molecule has 1 aromatic carbocycles. The van der Waals surface area contributed by atoms with Gasteiger partial charge in [0.05, 0.1) is 15.9 Å². The number of aliphatic carboxylic acids is 1. The average Bonchev–Trinajstić information content (AvgIpc) is 2.43. The zero-order valence-electron chi connectivity index (χ0n) is 11.0. The smallest absolute Gasteiger partial charge is 0.335 e. The Labute approximate surface area is 139 Å². The number of alkyl halides is 2. The predicted molar refractivity (Wildman–Crippen MR) is 88.4 cm³/mol. The molecule has 1 aromatic rings. The third kappa shape index (κ3) is 7.82. The zero-order valence-corrected chi connectivity index (χ0v) is 14.2. The molecule has 0 aliphatic carbocycles. The van der Waals surface area contributed by atoms with Crippen LogP contribution in [0.15, 0.2) is 48.1 Å². The van der Waals surface area contributed by atoms with Crippen LogP contribution in [-0.2, 0) is 14.3 Å². The lowest BCUT2D eigenvalue weighted by Crippen LogP contribution is -2.08. The summed E-state index contributed by atoms with van der Waals surface area (Å²) in [6.07, 6.45) is 4.55. The van der Waals surface area contributed by atoms with Crippen LogP contribution >= 0.6 is 31.9 Å². The van der Waals surface area contributed by atoms with Gasteiger partial charge < -0.3 is 9.84 Å². The maximum absolute atomic E-state index is 11.5. The van der Waals surface area contributed by atoms with Gasteiger partial charge in [-0.15, -0.1) is 0 Å². The van der Waals surface area contributed by atoms with Crippen LogP contribution in [0.25, 0.3) is 6.08 Å². The number of hydrogen-bond acceptors (Lipinski definition) is 3. The molecule has 0 amide bonds. The van der Waals surface area contributed by atoms with E-state index < -0.39 is 11.9 Å². The largest absolute Gasteiger partial charge is 0.478 e. The number of carbonyl (C=O) groups is 2. The molecule has 0 radical (unpaired) electrons. The number of carbonyl (C=O) groups excluding carboxylic acids is 1. The summed E-state index contributed by atoms with van der Waals surface area (Å²) in [4.78, 5) is 22.6. The summed E-state index contributed by atoms with van der Waals surface area (Å²) in [6.45, 7) is 0.200. The summed E-state index contributed by atoms with van der Waals surface area (Å²) in [5.74, 6) is -1.86. The molecule has 0 aliphatic heterocycles. The normalized spacial score (nSPS) is 11.9. The molecule has 112 valence electrons. The van der Waals surface area contributed by atoms with Gasteiger partial charge in [0.2, 0.25) is 0 Å². The average molecular weight is 418 g/mol. The Morgan fingerprint density at radius 2 is 1.90 bits per heavy atom. The van der Waals surface area contributed by atoms with Gasteiger partial charge in [0.1, 0.15) is 0 Å². The Bertz CT molecular complexity index is 536. The van der Waals surface area contributed by atoms with Crippen molar-refractivity contribution in [2.24, 2.45) is 0 Å². The van der Waals surface area contributed by atoms with Crippen molar-refractivity contribution in [1.82, 2.24) is 0 Å². The highest BCUT2D eigenvalue weighted by atomic mass is 79.9. The number of rotatable bonds is 7. The Kier molecular flexibility index (Phi) is 8.00. The first-order chi connectivity index (χ1) is 9.99. The third-order valence-corrected chi connectivity index (χ3v) is 3.27. The SMILES string of the molecule is O=C(C=C(C=Cc1ccccc1)C(=O)O)OCCC(Br)Br. The summed E-state index contributed by atoms with van der Waals surface area (Å²) in [5.41, 5.74) is 0.720. The van der Waals surface area contributed by atoms with Crippen molar-refractivity contribution >= 4 is 49.9 Å².